The lowest BCUT2D eigenvalue weighted by molar-refractivity contribution is -0.121. The fourth-order valence-electron chi connectivity index (χ4n) is 3.18. The summed E-state index contributed by atoms with van der Waals surface area (Å²) in [6, 6.07) is 12.7. The van der Waals surface area contributed by atoms with Crippen LogP contribution in [-0.4, -0.2) is 31.2 Å². The van der Waals surface area contributed by atoms with Gasteiger partial charge in [-0.05, 0) is 38.1 Å². The van der Waals surface area contributed by atoms with E-state index < -0.39 is 0 Å². The molecule has 7 nitrogen and oxygen atoms in total. The van der Waals surface area contributed by atoms with Gasteiger partial charge >= 0.3 is 6.03 Å². The normalized spacial score (nSPS) is 14.5. The van der Waals surface area contributed by atoms with E-state index in [-0.39, 0.29) is 31.0 Å². The number of rotatable bonds is 8. The highest BCUT2D eigenvalue weighted by Crippen LogP contribution is 2.35. The van der Waals surface area contributed by atoms with E-state index in [4.69, 9.17) is 9.47 Å². The van der Waals surface area contributed by atoms with Crippen molar-refractivity contribution in [3.63, 3.8) is 0 Å². The molecule has 1 heterocycles. The van der Waals surface area contributed by atoms with Crippen LogP contribution in [-0.2, 0) is 17.8 Å². The molecule has 29 heavy (non-hydrogen) atoms. The number of ether oxygens (including phenoxy) is 2. The van der Waals surface area contributed by atoms with Gasteiger partial charge in [0.15, 0.2) is 0 Å². The van der Waals surface area contributed by atoms with E-state index in [0.29, 0.717) is 18.8 Å². The van der Waals surface area contributed by atoms with Crippen molar-refractivity contribution in [2.45, 2.75) is 39.3 Å². The molecule has 0 aliphatic carbocycles. The Labute approximate surface area is 170 Å². The minimum absolute atomic E-state index is 0.150. The van der Waals surface area contributed by atoms with E-state index in [1.807, 2.05) is 44.2 Å². The molecule has 2 aromatic rings. The predicted molar refractivity (Wildman–Crippen MR) is 111 cm³/mol. The minimum Gasteiger partial charge on any atom is -0.494 e. The summed E-state index contributed by atoms with van der Waals surface area (Å²) in [6.07, 6.45) is 1.20. The van der Waals surface area contributed by atoms with Crippen LogP contribution < -0.4 is 25.4 Å². The molecule has 0 bridgehead atoms. The number of fused-ring (bicyclic) bond motifs is 1. The van der Waals surface area contributed by atoms with Crippen LogP contribution >= 0.6 is 0 Å². The Kier molecular flexibility index (Phi) is 6.94. The summed E-state index contributed by atoms with van der Waals surface area (Å²) in [5.74, 6) is 1.47. The lowest BCUT2D eigenvalue weighted by atomic mass is 10.1. The number of hydrogen-bond donors (Lipinski definition) is 3. The van der Waals surface area contributed by atoms with Gasteiger partial charge < -0.3 is 25.4 Å². The van der Waals surface area contributed by atoms with Crippen LogP contribution in [0.4, 0.5) is 10.5 Å². The average molecular weight is 397 g/mol. The zero-order valence-electron chi connectivity index (χ0n) is 16.8. The summed E-state index contributed by atoms with van der Waals surface area (Å²) in [6.45, 7) is 5.10. The Morgan fingerprint density at radius 1 is 1.17 bits per heavy atom. The molecular formula is C22H27N3O4. The highest BCUT2D eigenvalue weighted by atomic mass is 16.5. The van der Waals surface area contributed by atoms with Gasteiger partial charge in [-0.2, -0.15) is 0 Å². The highest BCUT2D eigenvalue weighted by molar-refractivity contribution is 5.89. The highest BCUT2D eigenvalue weighted by Gasteiger charge is 2.22. The number of hydrogen-bond acceptors (Lipinski definition) is 4. The number of carbonyl (C=O) groups is 2. The van der Waals surface area contributed by atoms with Gasteiger partial charge in [-0.25, -0.2) is 4.79 Å². The number of carbonyl (C=O) groups excluding carboxylic acids is 2. The molecule has 1 aliphatic heterocycles. The van der Waals surface area contributed by atoms with Gasteiger partial charge in [-0.1, -0.05) is 18.2 Å². The summed E-state index contributed by atoms with van der Waals surface area (Å²) >= 11 is 0. The Balaban J connectivity index is 1.45. The maximum absolute atomic E-state index is 12.2. The van der Waals surface area contributed by atoms with Crippen molar-refractivity contribution in [3.05, 3.63) is 53.6 Å². The van der Waals surface area contributed by atoms with E-state index >= 15 is 0 Å². The van der Waals surface area contributed by atoms with Crippen molar-refractivity contribution in [1.29, 1.82) is 0 Å². The van der Waals surface area contributed by atoms with E-state index in [1.165, 1.54) is 0 Å². The second-order valence-corrected chi connectivity index (χ2v) is 6.91. The maximum Gasteiger partial charge on any atom is 0.319 e. The zero-order chi connectivity index (χ0) is 20.6. The van der Waals surface area contributed by atoms with Crippen LogP contribution in [0.1, 0.15) is 31.4 Å². The molecule has 1 aliphatic rings. The third-order valence-corrected chi connectivity index (χ3v) is 4.52. The third kappa shape index (κ3) is 5.88. The monoisotopic (exact) mass is 397 g/mol. The fourth-order valence-corrected chi connectivity index (χ4v) is 3.18. The smallest absolute Gasteiger partial charge is 0.319 e. The second kappa shape index (κ2) is 9.82. The quantitative estimate of drug-likeness (QED) is 0.638. The molecule has 7 heteroatoms. The van der Waals surface area contributed by atoms with E-state index in [0.717, 1.165) is 29.0 Å². The zero-order valence-corrected chi connectivity index (χ0v) is 16.8. The molecule has 0 radical (unpaired) electrons. The Morgan fingerprint density at radius 3 is 2.72 bits per heavy atom. The molecule has 0 aromatic heterocycles. The summed E-state index contributed by atoms with van der Waals surface area (Å²) in [7, 11) is 0. The van der Waals surface area contributed by atoms with Gasteiger partial charge in [0.25, 0.3) is 0 Å². The van der Waals surface area contributed by atoms with Crippen LogP contribution in [0.2, 0.25) is 0 Å². The third-order valence-electron chi connectivity index (χ3n) is 4.52. The standard InChI is InChI=1S/C22H27N3O4/c1-3-28-19-12-16-11-15(2)29-20(16)13-17(19)14-24-21(26)9-10-23-22(27)25-18-7-5-4-6-8-18/h4-8,12-13,15H,3,9-11,14H2,1-2H3,(H,24,26)(H2,23,25,27)/t15-/m1/s1. The van der Waals surface area contributed by atoms with Gasteiger partial charge in [-0.3, -0.25) is 4.79 Å². The van der Waals surface area contributed by atoms with Crippen LogP contribution in [0.5, 0.6) is 11.5 Å². The number of anilines is 1. The number of amides is 3. The topological polar surface area (TPSA) is 88.7 Å². The molecule has 0 fully saturated rings. The van der Waals surface area contributed by atoms with Gasteiger partial charge in [0, 0.05) is 42.7 Å². The Morgan fingerprint density at radius 2 is 1.97 bits per heavy atom. The van der Waals surface area contributed by atoms with Crippen molar-refractivity contribution in [2.75, 3.05) is 18.5 Å². The molecule has 0 saturated carbocycles. The van der Waals surface area contributed by atoms with Crippen molar-refractivity contribution < 1.29 is 19.1 Å². The summed E-state index contributed by atoms with van der Waals surface area (Å²) in [5.41, 5.74) is 2.71. The molecule has 0 spiro atoms. The SMILES string of the molecule is CCOc1cc2c(cc1CNC(=O)CCNC(=O)Nc1ccccc1)O[C@H](C)C2. The van der Waals surface area contributed by atoms with Crippen molar-refractivity contribution >= 4 is 17.6 Å². The molecule has 1 atom stereocenters. The fraction of sp³-hybridized carbons (Fsp3) is 0.364. The number of nitrogens with one attached hydrogen (secondary N) is 3. The van der Waals surface area contributed by atoms with Crippen LogP contribution in [0, 0.1) is 0 Å². The number of para-hydroxylation sites is 1. The van der Waals surface area contributed by atoms with Crippen molar-refractivity contribution in [3.8, 4) is 11.5 Å². The van der Waals surface area contributed by atoms with Crippen molar-refractivity contribution in [2.24, 2.45) is 0 Å². The first kappa shape index (κ1) is 20.5. The number of urea groups is 1. The average Bonchev–Trinajstić information content (AvgIpc) is 3.06. The first-order valence-corrected chi connectivity index (χ1v) is 9.87. The van der Waals surface area contributed by atoms with E-state index in [9.17, 15) is 9.59 Å². The summed E-state index contributed by atoms with van der Waals surface area (Å²) in [5, 5.41) is 8.26. The molecule has 0 saturated heterocycles. The molecule has 154 valence electrons. The maximum atomic E-state index is 12.2. The second-order valence-electron chi connectivity index (χ2n) is 6.91. The molecular weight excluding hydrogens is 370 g/mol. The lowest BCUT2D eigenvalue weighted by Crippen LogP contribution is -2.33. The van der Waals surface area contributed by atoms with Gasteiger partial charge in [-0.15, -0.1) is 0 Å². The molecule has 3 rings (SSSR count). The lowest BCUT2D eigenvalue weighted by Gasteiger charge is -2.13. The molecule has 3 N–H and O–H groups in total. The van der Waals surface area contributed by atoms with Crippen LogP contribution in [0.3, 0.4) is 0 Å². The first-order valence-electron chi connectivity index (χ1n) is 9.87. The minimum atomic E-state index is -0.340. The van der Waals surface area contributed by atoms with Gasteiger partial charge in [0.1, 0.15) is 17.6 Å². The molecule has 0 unspecified atom stereocenters. The Hall–Kier alpha value is -3.22. The van der Waals surface area contributed by atoms with E-state index in [2.05, 4.69) is 16.0 Å². The summed E-state index contributed by atoms with van der Waals surface area (Å²) in [4.78, 5) is 24.0. The van der Waals surface area contributed by atoms with Gasteiger partial charge in [0.05, 0.1) is 6.61 Å². The van der Waals surface area contributed by atoms with Gasteiger partial charge in [0.2, 0.25) is 5.91 Å². The Bertz CT molecular complexity index is 855. The predicted octanol–water partition coefficient (Wildman–Crippen LogP) is 3.24. The van der Waals surface area contributed by atoms with Crippen LogP contribution in [0.25, 0.3) is 0 Å². The summed E-state index contributed by atoms with van der Waals surface area (Å²) < 4.78 is 11.5. The number of benzene rings is 2. The molecule has 3 amide bonds. The van der Waals surface area contributed by atoms with Crippen molar-refractivity contribution in [1.82, 2.24) is 10.6 Å². The molecule has 2 aromatic carbocycles. The largest absolute Gasteiger partial charge is 0.494 e. The van der Waals surface area contributed by atoms with Crippen LogP contribution in [0.15, 0.2) is 42.5 Å². The van der Waals surface area contributed by atoms with E-state index in [1.54, 1.807) is 12.1 Å². The first-order chi connectivity index (χ1) is 14.0.